The Morgan fingerprint density at radius 3 is 2.68 bits per heavy atom. The van der Waals surface area contributed by atoms with Crippen molar-refractivity contribution in [2.75, 3.05) is 11.9 Å². The number of benzene rings is 2. The molecule has 0 saturated heterocycles. The van der Waals surface area contributed by atoms with Gasteiger partial charge in [0.05, 0.1) is 0 Å². The summed E-state index contributed by atoms with van der Waals surface area (Å²) in [7, 11) is 0. The van der Waals surface area contributed by atoms with E-state index in [1.807, 2.05) is 18.2 Å². The molecule has 0 aliphatic rings. The Hall–Kier alpha value is -3.17. The van der Waals surface area contributed by atoms with Gasteiger partial charge in [-0.15, -0.1) is 10.2 Å². The molecule has 0 aliphatic heterocycles. The predicted molar refractivity (Wildman–Crippen MR) is 102 cm³/mol. The van der Waals surface area contributed by atoms with Crippen molar-refractivity contribution in [2.24, 2.45) is 0 Å². The number of ether oxygens (including phenoxy) is 1. The quantitative estimate of drug-likeness (QED) is 0.607. The summed E-state index contributed by atoms with van der Waals surface area (Å²) in [6.07, 6.45) is 0. The fourth-order valence-electron chi connectivity index (χ4n) is 2.24. The number of aromatic nitrogens is 2. The highest BCUT2D eigenvalue weighted by molar-refractivity contribution is 7.13. The maximum atomic E-state index is 13.1. The maximum Gasteiger partial charge on any atom is 0.286 e. The van der Waals surface area contributed by atoms with E-state index in [0.717, 1.165) is 11.3 Å². The number of hydrogen-bond donors (Lipinski definition) is 2. The number of carbonyl (C=O) groups is 2. The summed E-state index contributed by atoms with van der Waals surface area (Å²) >= 11 is 1.09. The molecule has 3 aromatic rings. The van der Waals surface area contributed by atoms with Crippen molar-refractivity contribution in [3.8, 4) is 0 Å². The molecule has 1 heterocycles. The first kappa shape index (κ1) is 19.6. The molecule has 3 rings (SSSR count). The van der Waals surface area contributed by atoms with Gasteiger partial charge >= 0.3 is 0 Å². The number of amides is 2. The molecule has 0 saturated carbocycles. The topological polar surface area (TPSA) is 93.2 Å². The molecule has 7 nitrogen and oxygen atoms in total. The van der Waals surface area contributed by atoms with Crippen LogP contribution in [0.5, 0.6) is 0 Å². The average Bonchev–Trinajstić information content (AvgIpc) is 3.16. The predicted octanol–water partition coefficient (Wildman–Crippen LogP) is 2.76. The molecule has 0 unspecified atom stereocenters. The van der Waals surface area contributed by atoms with Gasteiger partial charge in [0.25, 0.3) is 5.91 Å². The van der Waals surface area contributed by atoms with E-state index < -0.39 is 0 Å². The largest absolute Gasteiger partial charge is 0.364 e. The normalized spacial score (nSPS) is 10.5. The van der Waals surface area contributed by atoms with Crippen LogP contribution in [-0.4, -0.2) is 28.6 Å². The van der Waals surface area contributed by atoms with E-state index in [9.17, 15) is 14.0 Å². The zero-order valence-electron chi connectivity index (χ0n) is 14.7. The number of rotatable bonds is 8. The van der Waals surface area contributed by atoms with Gasteiger partial charge < -0.3 is 15.4 Å². The lowest BCUT2D eigenvalue weighted by Crippen LogP contribution is -2.27. The lowest BCUT2D eigenvalue weighted by molar-refractivity contribution is -0.126. The van der Waals surface area contributed by atoms with Crippen molar-refractivity contribution in [3.63, 3.8) is 0 Å². The van der Waals surface area contributed by atoms with Crippen LogP contribution in [0.15, 0.2) is 54.6 Å². The third kappa shape index (κ3) is 5.93. The molecule has 28 heavy (non-hydrogen) atoms. The highest BCUT2D eigenvalue weighted by atomic mass is 32.1. The fraction of sp³-hybridized carbons (Fsp3) is 0.158. The highest BCUT2D eigenvalue weighted by Gasteiger charge is 2.13. The van der Waals surface area contributed by atoms with Crippen molar-refractivity contribution >= 4 is 28.8 Å². The van der Waals surface area contributed by atoms with Gasteiger partial charge in [0.1, 0.15) is 24.0 Å². The fourth-order valence-corrected chi connectivity index (χ4v) is 2.91. The van der Waals surface area contributed by atoms with Gasteiger partial charge in [0.15, 0.2) is 0 Å². The molecule has 0 radical (unpaired) electrons. The van der Waals surface area contributed by atoms with E-state index in [1.165, 1.54) is 12.1 Å². The average molecular weight is 400 g/mol. The van der Waals surface area contributed by atoms with Crippen LogP contribution < -0.4 is 10.6 Å². The Bertz CT molecular complexity index is 949. The molecule has 0 aliphatic carbocycles. The number of nitrogens with zero attached hydrogens (tertiary/aromatic N) is 2. The van der Waals surface area contributed by atoms with Crippen molar-refractivity contribution in [1.82, 2.24) is 15.5 Å². The molecule has 0 fully saturated rings. The number of para-hydroxylation sites is 1. The molecule has 2 amide bonds. The number of anilines is 1. The third-order valence-corrected chi connectivity index (χ3v) is 4.43. The SMILES string of the molecule is O=C(COCc1nnc(C(=O)Nc2ccccc2)s1)NCc1cccc(F)c1. The van der Waals surface area contributed by atoms with Crippen LogP contribution in [0.4, 0.5) is 10.1 Å². The minimum absolute atomic E-state index is 0.0592. The number of hydrogen-bond acceptors (Lipinski definition) is 6. The second-order valence-electron chi connectivity index (χ2n) is 5.72. The van der Waals surface area contributed by atoms with Crippen LogP contribution in [0, 0.1) is 5.82 Å². The van der Waals surface area contributed by atoms with Gasteiger partial charge in [-0.1, -0.05) is 41.7 Å². The molecule has 1 aromatic heterocycles. The van der Waals surface area contributed by atoms with Crippen LogP contribution in [0.2, 0.25) is 0 Å². The standard InChI is InChI=1S/C19H17FN4O3S/c20-14-6-4-5-13(9-14)10-21-16(25)11-27-12-17-23-24-19(28-17)18(26)22-15-7-2-1-3-8-15/h1-9H,10-12H2,(H,21,25)(H,22,26). The maximum absolute atomic E-state index is 13.1. The second kappa shape index (κ2) is 9.67. The van der Waals surface area contributed by atoms with Crippen LogP contribution in [0.1, 0.15) is 20.4 Å². The smallest absolute Gasteiger partial charge is 0.286 e. The number of halogens is 1. The van der Waals surface area contributed by atoms with Crippen molar-refractivity contribution in [2.45, 2.75) is 13.2 Å². The van der Waals surface area contributed by atoms with Gasteiger partial charge in [-0.25, -0.2) is 4.39 Å². The second-order valence-corrected chi connectivity index (χ2v) is 6.78. The minimum Gasteiger partial charge on any atom is -0.364 e. The lowest BCUT2D eigenvalue weighted by Gasteiger charge is -2.05. The van der Waals surface area contributed by atoms with E-state index in [0.29, 0.717) is 16.3 Å². The summed E-state index contributed by atoms with van der Waals surface area (Å²) < 4.78 is 18.4. The molecule has 0 atom stereocenters. The van der Waals surface area contributed by atoms with Crippen molar-refractivity contribution < 1.29 is 18.7 Å². The van der Waals surface area contributed by atoms with E-state index in [1.54, 1.807) is 24.3 Å². The monoisotopic (exact) mass is 400 g/mol. The Morgan fingerprint density at radius 1 is 1.07 bits per heavy atom. The molecular formula is C19H17FN4O3S. The van der Waals surface area contributed by atoms with Gasteiger partial charge in [0, 0.05) is 12.2 Å². The van der Waals surface area contributed by atoms with Gasteiger partial charge in [-0.05, 0) is 29.8 Å². The molecule has 0 bridgehead atoms. The Balaban J connectivity index is 1.40. The summed E-state index contributed by atoms with van der Waals surface area (Å²) in [5.74, 6) is -1.05. The summed E-state index contributed by atoms with van der Waals surface area (Å²) in [5, 5.41) is 13.8. The van der Waals surface area contributed by atoms with Crippen LogP contribution in [0.25, 0.3) is 0 Å². The van der Waals surface area contributed by atoms with Crippen molar-refractivity contribution in [1.29, 1.82) is 0 Å². The Morgan fingerprint density at radius 2 is 1.89 bits per heavy atom. The van der Waals surface area contributed by atoms with E-state index in [2.05, 4.69) is 20.8 Å². The first-order valence-electron chi connectivity index (χ1n) is 8.38. The van der Waals surface area contributed by atoms with Crippen LogP contribution in [-0.2, 0) is 22.7 Å². The third-order valence-electron chi connectivity index (χ3n) is 3.53. The molecule has 2 aromatic carbocycles. The Labute approximate surface area is 164 Å². The zero-order chi connectivity index (χ0) is 19.8. The van der Waals surface area contributed by atoms with Crippen molar-refractivity contribution in [3.05, 3.63) is 76.0 Å². The minimum atomic E-state index is -0.359. The first-order chi connectivity index (χ1) is 13.6. The zero-order valence-corrected chi connectivity index (χ0v) is 15.5. The summed E-state index contributed by atoms with van der Waals surface area (Å²) in [6, 6.07) is 15.0. The Kier molecular flexibility index (Phi) is 6.77. The van der Waals surface area contributed by atoms with E-state index >= 15 is 0 Å². The molecule has 2 N–H and O–H groups in total. The van der Waals surface area contributed by atoms with Gasteiger partial charge in [-0.2, -0.15) is 0 Å². The first-order valence-corrected chi connectivity index (χ1v) is 9.19. The van der Waals surface area contributed by atoms with E-state index in [-0.39, 0.29) is 42.4 Å². The van der Waals surface area contributed by atoms with Gasteiger partial charge in [0.2, 0.25) is 10.9 Å². The summed E-state index contributed by atoms with van der Waals surface area (Å²) in [4.78, 5) is 23.9. The van der Waals surface area contributed by atoms with Crippen LogP contribution in [0.3, 0.4) is 0 Å². The molecule has 144 valence electrons. The van der Waals surface area contributed by atoms with Gasteiger partial charge in [-0.3, -0.25) is 9.59 Å². The molecular weight excluding hydrogens is 383 g/mol. The highest BCUT2D eigenvalue weighted by Crippen LogP contribution is 2.14. The molecule has 9 heteroatoms. The van der Waals surface area contributed by atoms with E-state index in [4.69, 9.17) is 4.74 Å². The number of carbonyl (C=O) groups excluding carboxylic acids is 2. The summed E-state index contributed by atoms with van der Waals surface area (Å²) in [6.45, 7) is 0.0900. The summed E-state index contributed by atoms with van der Waals surface area (Å²) in [5.41, 5.74) is 1.32. The molecule has 0 spiro atoms. The number of nitrogens with one attached hydrogen (secondary N) is 2. The van der Waals surface area contributed by atoms with Crippen LogP contribution >= 0.6 is 11.3 Å². The lowest BCUT2D eigenvalue weighted by atomic mass is 10.2.